The highest BCUT2D eigenvalue weighted by atomic mass is 35.5. The Hall–Kier alpha value is -1.95. The number of amides is 2. The van der Waals surface area contributed by atoms with E-state index in [4.69, 9.17) is 11.6 Å². The second-order valence-electron chi connectivity index (χ2n) is 5.15. The van der Waals surface area contributed by atoms with Crippen LogP contribution in [0, 0.1) is 0 Å². The summed E-state index contributed by atoms with van der Waals surface area (Å²) in [5, 5.41) is 3.34. The summed E-state index contributed by atoms with van der Waals surface area (Å²) < 4.78 is 4.59. The minimum absolute atomic E-state index is 0.247. The van der Waals surface area contributed by atoms with Gasteiger partial charge in [-0.15, -0.1) is 0 Å². The standard InChI is InChI=1S/C15H20ClN3O3/c1-11(14(20)22-2)17-15(21)19-8-6-18(7-9-19)13-5-3-4-12(16)10-13/h3-5,10-11H,6-9H2,1-2H3,(H,17,21)/t11-/m0/s1. The molecular weight excluding hydrogens is 306 g/mol. The van der Waals surface area contributed by atoms with Crippen molar-refractivity contribution < 1.29 is 14.3 Å². The van der Waals surface area contributed by atoms with E-state index in [0.717, 1.165) is 18.8 Å². The summed E-state index contributed by atoms with van der Waals surface area (Å²) in [4.78, 5) is 27.3. The Bertz CT molecular complexity index is 545. The van der Waals surface area contributed by atoms with Crippen LogP contribution in [-0.4, -0.2) is 56.2 Å². The average molecular weight is 326 g/mol. The number of rotatable bonds is 3. The molecule has 1 atom stereocenters. The SMILES string of the molecule is COC(=O)[C@H](C)NC(=O)N1CCN(c2cccc(Cl)c2)CC1. The van der Waals surface area contributed by atoms with Crippen LogP contribution in [-0.2, 0) is 9.53 Å². The summed E-state index contributed by atoms with van der Waals surface area (Å²) in [5.41, 5.74) is 1.05. The molecule has 0 aromatic heterocycles. The molecule has 0 radical (unpaired) electrons. The predicted molar refractivity (Wildman–Crippen MR) is 85.2 cm³/mol. The van der Waals surface area contributed by atoms with Crippen molar-refractivity contribution in [1.82, 2.24) is 10.2 Å². The van der Waals surface area contributed by atoms with Crippen LogP contribution < -0.4 is 10.2 Å². The quantitative estimate of drug-likeness (QED) is 0.860. The minimum atomic E-state index is -0.650. The van der Waals surface area contributed by atoms with E-state index in [-0.39, 0.29) is 6.03 Å². The highest BCUT2D eigenvalue weighted by Crippen LogP contribution is 2.20. The fourth-order valence-corrected chi connectivity index (χ4v) is 2.54. The lowest BCUT2D eigenvalue weighted by Gasteiger charge is -2.36. The smallest absolute Gasteiger partial charge is 0.328 e. The number of esters is 1. The molecule has 1 aromatic carbocycles. The molecule has 2 rings (SSSR count). The van der Waals surface area contributed by atoms with Crippen LogP contribution in [0.4, 0.5) is 10.5 Å². The predicted octanol–water partition coefficient (Wildman–Crippen LogP) is 1.73. The number of ether oxygens (including phenoxy) is 1. The van der Waals surface area contributed by atoms with Crippen molar-refractivity contribution in [2.45, 2.75) is 13.0 Å². The van der Waals surface area contributed by atoms with Gasteiger partial charge in [0.2, 0.25) is 0 Å². The number of carbonyl (C=O) groups is 2. The summed E-state index contributed by atoms with van der Waals surface area (Å²) in [6.45, 7) is 4.23. The molecule has 0 saturated carbocycles. The summed E-state index contributed by atoms with van der Waals surface area (Å²) >= 11 is 6.00. The molecule has 2 amide bonds. The number of anilines is 1. The topological polar surface area (TPSA) is 61.9 Å². The van der Waals surface area contributed by atoms with Gasteiger partial charge >= 0.3 is 12.0 Å². The van der Waals surface area contributed by atoms with Crippen molar-refractivity contribution in [1.29, 1.82) is 0 Å². The van der Waals surface area contributed by atoms with E-state index in [2.05, 4.69) is 15.0 Å². The molecule has 1 aliphatic rings. The van der Waals surface area contributed by atoms with E-state index in [1.807, 2.05) is 24.3 Å². The van der Waals surface area contributed by atoms with Crippen LogP contribution in [0.3, 0.4) is 0 Å². The minimum Gasteiger partial charge on any atom is -0.467 e. The van der Waals surface area contributed by atoms with Crippen molar-refractivity contribution in [3.05, 3.63) is 29.3 Å². The number of nitrogens with zero attached hydrogens (tertiary/aromatic N) is 2. The molecule has 6 nitrogen and oxygen atoms in total. The monoisotopic (exact) mass is 325 g/mol. The lowest BCUT2D eigenvalue weighted by molar-refractivity contribution is -0.142. The molecule has 1 fully saturated rings. The van der Waals surface area contributed by atoms with Gasteiger partial charge in [-0.3, -0.25) is 0 Å². The molecule has 1 aromatic rings. The maximum absolute atomic E-state index is 12.1. The van der Waals surface area contributed by atoms with E-state index in [1.165, 1.54) is 7.11 Å². The molecule has 0 aliphatic carbocycles. The summed E-state index contributed by atoms with van der Waals surface area (Å²) in [5.74, 6) is -0.453. The van der Waals surface area contributed by atoms with Crippen LogP contribution in [0.25, 0.3) is 0 Å². The maximum Gasteiger partial charge on any atom is 0.328 e. The number of halogens is 1. The molecule has 22 heavy (non-hydrogen) atoms. The fourth-order valence-electron chi connectivity index (χ4n) is 2.35. The Labute approximate surface area is 135 Å². The van der Waals surface area contributed by atoms with Crippen molar-refractivity contribution in [2.24, 2.45) is 0 Å². The van der Waals surface area contributed by atoms with Gasteiger partial charge in [0, 0.05) is 36.9 Å². The number of methoxy groups -OCH3 is 1. The highest BCUT2D eigenvalue weighted by molar-refractivity contribution is 6.30. The largest absolute Gasteiger partial charge is 0.467 e. The first-order chi connectivity index (χ1) is 10.5. The second-order valence-corrected chi connectivity index (χ2v) is 5.58. The average Bonchev–Trinajstić information content (AvgIpc) is 2.54. The molecule has 1 aliphatic heterocycles. The first-order valence-electron chi connectivity index (χ1n) is 7.15. The highest BCUT2D eigenvalue weighted by Gasteiger charge is 2.24. The third-order valence-electron chi connectivity index (χ3n) is 3.63. The summed E-state index contributed by atoms with van der Waals surface area (Å²) in [6.07, 6.45) is 0. The van der Waals surface area contributed by atoms with Crippen LogP contribution in [0.1, 0.15) is 6.92 Å². The Morgan fingerprint density at radius 1 is 1.27 bits per heavy atom. The van der Waals surface area contributed by atoms with Gasteiger partial charge in [-0.1, -0.05) is 17.7 Å². The van der Waals surface area contributed by atoms with Gasteiger partial charge in [-0.2, -0.15) is 0 Å². The van der Waals surface area contributed by atoms with Crippen LogP contribution in [0.2, 0.25) is 5.02 Å². The Morgan fingerprint density at radius 2 is 1.95 bits per heavy atom. The van der Waals surface area contributed by atoms with Crippen LogP contribution in [0.5, 0.6) is 0 Å². The second kappa shape index (κ2) is 7.35. The third kappa shape index (κ3) is 4.04. The molecule has 1 heterocycles. The number of hydrogen-bond donors (Lipinski definition) is 1. The van der Waals surface area contributed by atoms with Gasteiger partial charge < -0.3 is 19.9 Å². The maximum atomic E-state index is 12.1. The Morgan fingerprint density at radius 3 is 2.55 bits per heavy atom. The fraction of sp³-hybridized carbons (Fsp3) is 0.467. The van der Waals surface area contributed by atoms with Crippen molar-refractivity contribution in [3.63, 3.8) is 0 Å². The molecule has 1 N–H and O–H groups in total. The number of hydrogen-bond acceptors (Lipinski definition) is 4. The summed E-state index contributed by atoms with van der Waals surface area (Å²) in [7, 11) is 1.30. The van der Waals surface area contributed by atoms with Crippen LogP contribution in [0.15, 0.2) is 24.3 Å². The zero-order valence-corrected chi connectivity index (χ0v) is 13.5. The normalized spacial score (nSPS) is 16.1. The zero-order valence-electron chi connectivity index (χ0n) is 12.7. The van der Waals surface area contributed by atoms with Gasteiger partial charge in [0.15, 0.2) is 0 Å². The number of benzene rings is 1. The molecule has 120 valence electrons. The lowest BCUT2D eigenvalue weighted by Crippen LogP contribution is -2.54. The van der Waals surface area contributed by atoms with E-state index < -0.39 is 12.0 Å². The van der Waals surface area contributed by atoms with E-state index >= 15 is 0 Å². The molecule has 1 saturated heterocycles. The van der Waals surface area contributed by atoms with Crippen molar-refractivity contribution in [3.8, 4) is 0 Å². The van der Waals surface area contributed by atoms with Crippen molar-refractivity contribution >= 4 is 29.3 Å². The summed E-state index contributed by atoms with van der Waals surface area (Å²) in [6, 6.07) is 6.77. The Kier molecular flexibility index (Phi) is 5.49. The first-order valence-corrected chi connectivity index (χ1v) is 7.53. The van der Waals surface area contributed by atoms with Gasteiger partial charge in [-0.25, -0.2) is 9.59 Å². The molecular formula is C15H20ClN3O3. The van der Waals surface area contributed by atoms with E-state index in [0.29, 0.717) is 18.1 Å². The Balaban J connectivity index is 1.86. The first kappa shape index (κ1) is 16.4. The number of urea groups is 1. The van der Waals surface area contributed by atoms with Gasteiger partial charge in [0.05, 0.1) is 7.11 Å². The molecule has 0 unspecified atom stereocenters. The van der Waals surface area contributed by atoms with Crippen molar-refractivity contribution in [2.75, 3.05) is 38.2 Å². The van der Waals surface area contributed by atoms with E-state index in [9.17, 15) is 9.59 Å². The molecule has 0 bridgehead atoms. The van der Waals surface area contributed by atoms with E-state index in [1.54, 1.807) is 11.8 Å². The number of piperazine rings is 1. The lowest BCUT2D eigenvalue weighted by atomic mass is 10.2. The third-order valence-corrected chi connectivity index (χ3v) is 3.87. The number of nitrogens with one attached hydrogen (secondary N) is 1. The van der Waals surface area contributed by atoms with Crippen LogP contribution >= 0.6 is 11.6 Å². The molecule has 0 spiro atoms. The van der Waals surface area contributed by atoms with Gasteiger partial charge in [-0.05, 0) is 25.1 Å². The van der Waals surface area contributed by atoms with Gasteiger partial charge in [0.25, 0.3) is 0 Å². The molecule has 7 heteroatoms. The number of carbonyl (C=O) groups excluding carboxylic acids is 2. The zero-order chi connectivity index (χ0) is 16.1. The van der Waals surface area contributed by atoms with Gasteiger partial charge in [0.1, 0.15) is 6.04 Å².